The number of carboxylic acid groups (broad SMARTS) is 1. The molecule has 1 atom stereocenters. The van der Waals surface area contributed by atoms with Crippen LogP contribution in [0.4, 0.5) is 0 Å². The lowest BCUT2D eigenvalue weighted by Gasteiger charge is -2.16. The molecule has 0 radical (unpaired) electrons. The van der Waals surface area contributed by atoms with Gasteiger partial charge in [0, 0.05) is 10.9 Å². The zero-order chi connectivity index (χ0) is 14.5. The number of hydrogen-bond donors (Lipinski definition) is 2. The molecule has 0 aliphatic heterocycles. The summed E-state index contributed by atoms with van der Waals surface area (Å²) in [5.41, 5.74) is 0.584. The highest BCUT2D eigenvalue weighted by Gasteiger charge is 2.24. The van der Waals surface area contributed by atoms with Crippen molar-refractivity contribution in [2.45, 2.75) is 38.1 Å². The summed E-state index contributed by atoms with van der Waals surface area (Å²) in [7, 11) is 0. The van der Waals surface area contributed by atoms with Crippen molar-refractivity contribution < 1.29 is 14.7 Å². The van der Waals surface area contributed by atoms with Crippen molar-refractivity contribution in [3.05, 3.63) is 34.3 Å². The standard InChI is InChI=1S/C15H18BrNO3/c16-12-7-5-11(6-8-12)14(15(19)20)17-13(18)9-10-3-1-2-4-10/h5-8,10,14H,1-4,9H2,(H,17,18)(H,19,20). The highest BCUT2D eigenvalue weighted by atomic mass is 79.9. The van der Waals surface area contributed by atoms with E-state index in [1.165, 1.54) is 12.8 Å². The number of benzene rings is 1. The largest absolute Gasteiger partial charge is 0.479 e. The number of carboxylic acids is 1. The third-order valence-electron chi connectivity index (χ3n) is 3.70. The van der Waals surface area contributed by atoms with Gasteiger partial charge in [-0.2, -0.15) is 0 Å². The Balaban J connectivity index is 1.99. The van der Waals surface area contributed by atoms with Crippen LogP contribution >= 0.6 is 15.9 Å². The maximum absolute atomic E-state index is 12.0. The van der Waals surface area contributed by atoms with Crippen molar-refractivity contribution in [3.63, 3.8) is 0 Å². The van der Waals surface area contributed by atoms with E-state index in [0.29, 0.717) is 17.9 Å². The van der Waals surface area contributed by atoms with Gasteiger partial charge in [-0.3, -0.25) is 4.79 Å². The molecule has 1 unspecified atom stereocenters. The topological polar surface area (TPSA) is 66.4 Å². The molecule has 1 aromatic rings. The van der Waals surface area contributed by atoms with Crippen molar-refractivity contribution in [1.29, 1.82) is 0 Å². The Labute approximate surface area is 126 Å². The number of rotatable bonds is 5. The van der Waals surface area contributed by atoms with E-state index in [1.54, 1.807) is 24.3 Å². The summed E-state index contributed by atoms with van der Waals surface area (Å²) in [5.74, 6) is -0.798. The van der Waals surface area contributed by atoms with Gasteiger partial charge in [-0.05, 0) is 36.5 Å². The van der Waals surface area contributed by atoms with E-state index in [4.69, 9.17) is 0 Å². The van der Waals surface area contributed by atoms with Crippen molar-refractivity contribution in [1.82, 2.24) is 5.32 Å². The molecule has 2 N–H and O–H groups in total. The summed E-state index contributed by atoms with van der Waals surface area (Å²) in [6, 6.07) is 5.98. The second kappa shape index (κ2) is 6.88. The maximum Gasteiger partial charge on any atom is 0.330 e. The van der Waals surface area contributed by atoms with Gasteiger partial charge in [-0.25, -0.2) is 4.79 Å². The van der Waals surface area contributed by atoms with E-state index < -0.39 is 12.0 Å². The number of hydrogen-bond acceptors (Lipinski definition) is 2. The molecule has 0 heterocycles. The molecule has 4 nitrogen and oxygen atoms in total. The highest BCUT2D eigenvalue weighted by molar-refractivity contribution is 9.10. The van der Waals surface area contributed by atoms with Gasteiger partial charge < -0.3 is 10.4 Å². The van der Waals surface area contributed by atoms with E-state index >= 15 is 0 Å². The summed E-state index contributed by atoms with van der Waals surface area (Å²) < 4.78 is 0.877. The molecule has 0 bridgehead atoms. The SMILES string of the molecule is O=C(CC1CCCC1)NC(C(=O)O)c1ccc(Br)cc1. The molecule has 1 aliphatic rings. The Bertz CT molecular complexity index is 480. The smallest absolute Gasteiger partial charge is 0.330 e. The minimum Gasteiger partial charge on any atom is -0.479 e. The Morgan fingerprint density at radius 3 is 2.40 bits per heavy atom. The van der Waals surface area contributed by atoms with Gasteiger partial charge in [0.05, 0.1) is 0 Å². The van der Waals surface area contributed by atoms with Crippen molar-refractivity contribution in [2.75, 3.05) is 0 Å². The van der Waals surface area contributed by atoms with Gasteiger partial charge in [0.25, 0.3) is 0 Å². The van der Waals surface area contributed by atoms with Gasteiger partial charge in [-0.15, -0.1) is 0 Å². The molecular formula is C15H18BrNO3. The number of amides is 1. The number of carbonyl (C=O) groups is 2. The van der Waals surface area contributed by atoms with Crippen molar-refractivity contribution >= 4 is 27.8 Å². The first-order valence-electron chi connectivity index (χ1n) is 6.84. The quantitative estimate of drug-likeness (QED) is 0.865. The molecule has 1 aromatic carbocycles. The van der Waals surface area contributed by atoms with E-state index in [1.807, 2.05) is 0 Å². The average Bonchev–Trinajstić information content (AvgIpc) is 2.90. The van der Waals surface area contributed by atoms with Crippen LogP contribution < -0.4 is 5.32 Å². The molecule has 1 saturated carbocycles. The van der Waals surface area contributed by atoms with Gasteiger partial charge in [-0.1, -0.05) is 40.9 Å². The summed E-state index contributed by atoms with van der Waals surface area (Å²) in [5, 5.41) is 11.9. The van der Waals surface area contributed by atoms with Crippen LogP contribution in [0.15, 0.2) is 28.7 Å². The Kier molecular flexibility index (Phi) is 5.17. The number of aliphatic carboxylic acids is 1. The van der Waals surface area contributed by atoms with Crippen LogP contribution in [0.5, 0.6) is 0 Å². The molecule has 0 aromatic heterocycles. The van der Waals surface area contributed by atoms with Gasteiger partial charge >= 0.3 is 5.97 Å². The molecular weight excluding hydrogens is 322 g/mol. The van der Waals surface area contributed by atoms with Crippen molar-refractivity contribution in [2.24, 2.45) is 5.92 Å². The second-order valence-corrected chi connectivity index (χ2v) is 6.16. The number of halogens is 1. The zero-order valence-corrected chi connectivity index (χ0v) is 12.7. The molecule has 1 aliphatic carbocycles. The van der Waals surface area contributed by atoms with Gasteiger partial charge in [0.1, 0.15) is 0 Å². The maximum atomic E-state index is 12.0. The molecule has 20 heavy (non-hydrogen) atoms. The first kappa shape index (κ1) is 15.0. The molecule has 5 heteroatoms. The molecule has 0 spiro atoms. The fourth-order valence-electron chi connectivity index (χ4n) is 2.64. The highest BCUT2D eigenvalue weighted by Crippen LogP contribution is 2.27. The zero-order valence-electron chi connectivity index (χ0n) is 11.1. The minimum absolute atomic E-state index is 0.174. The van der Waals surface area contributed by atoms with Crippen LogP contribution in [-0.4, -0.2) is 17.0 Å². The number of carbonyl (C=O) groups excluding carboxylic acids is 1. The third kappa shape index (κ3) is 4.07. The molecule has 1 fully saturated rings. The van der Waals surface area contributed by atoms with Crippen LogP contribution in [0.25, 0.3) is 0 Å². The number of nitrogens with one attached hydrogen (secondary N) is 1. The van der Waals surface area contributed by atoms with Crippen LogP contribution in [0.3, 0.4) is 0 Å². The lowest BCUT2D eigenvalue weighted by atomic mass is 10.0. The molecule has 1 amide bonds. The summed E-state index contributed by atoms with van der Waals surface area (Å²) in [6.07, 6.45) is 4.92. The lowest BCUT2D eigenvalue weighted by molar-refractivity contribution is -0.142. The fourth-order valence-corrected chi connectivity index (χ4v) is 2.90. The van der Waals surface area contributed by atoms with Crippen LogP contribution in [0.1, 0.15) is 43.7 Å². The van der Waals surface area contributed by atoms with E-state index in [0.717, 1.165) is 17.3 Å². The van der Waals surface area contributed by atoms with Crippen LogP contribution in [0.2, 0.25) is 0 Å². The normalized spacial score (nSPS) is 16.9. The lowest BCUT2D eigenvalue weighted by Crippen LogP contribution is -2.34. The summed E-state index contributed by atoms with van der Waals surface area (Å²) in [4.78, 5) is 23.3. The summed E-state index contributed by atoms with van der Waals surface area (Å²) >= 11 is 3.31. The van der Waals surface area contributed by atoms with Gasteiger partial charge in [0.15, 0.2) is 6.04 Å². The average molecular weight is 340 g/mol. The molecule has 2 rings (SSSR count). The van der Waals surface area contributed by atoms with Crippen LogP contribution in [0, 0.1) is 5.92 Å². The monoisotopic (exact) mass is 339 g/mol. The Hall–Kier alpha value is -1.36. The van der Waals surface area contributed by atoms with E-state index in [2.05, 4.69) is 21.2 Å². The summed E-state index contributed by atoms with van der Waals surface area (Å²) in [6.45, 7) is 0. The molecule has 108 valence electrons. The first-order chi connectivity index (χ1) is 9.56. The predicted molar refractivity (Wildman–Crippen MR) is 79.2 cm³/mol. The molecule has 0 saturated heterocycles. The van der Waals surface area contributed by atoms with E-state index in [9.17, 15) is 14.7 Å². The second-order valence-electron chi connectivity index (χ2n) is 5.24. The Morgan fingerprint density at radius 1 is 1.25 bits per heavy atom. The minimum atomic E-state index is -1.04. The predicted octanol–water partition coefficient (Wildman–Crippen LogP) is 3.27. The van der Waals surface area contributed by atoms with Crippen molar-refractivity contribution in [3.8, 4) is 0 Å². The Morgan fingerprint density at radius 2 is 1.85 bits per heavy atom. The fraction of sp³-hybridized carbons (Fsp3) is 0.467. The van der Waals surface area contributed by atoms with Crippen LogP contribution in [-0.2, 0) is 9.59 Å². The first-order valence-corrected chi connectivity index (χ1v) is 7.63. The van der Waals surface area contributed by atoms with Gasteiger partial charge in [0.2, 0.25) is 5.91 Å². The third-order valence-corrected chi connectivity index (χ3v) is 4.23. The van der Waals surface area contributed by atoms with E-state index in [-0.39, 0.29) is 5.91 Å².